The standard InChI is InChI=1S/C17H32N2O2/c1-7-13(2)14(3)18-12-15-8-10-19(11-9-15)16(20)21-17(4,5)6/h8,13-14,18H,7,9-12H2,1-6H3. The van der Waals surface area contributed by atoms with Gasteiger partial charge in [-0.3, -0.25) is 0 Å². The summed E-state index contributed by atoms with van der Waals surface area (Å²) in [5, 5.41) is 3.58. The molecule has 2 unspecified atom stereocenters. The number of amides is 1. The van der Waals surface area contributed by atoms with Gasteiger partial charge in [0.25, 0.3) is 0 Å². The summed E-state index contributed by atoms with van der Waals surface area (Å²) in [6, 6.07) is 0.528. The van der Waals surface area contributed by atoms with Crippen molar-refractivity contribution in [1.82, 2.24) is 10.2 Å². The van der Waals surface area contributed by atoms with Gasteiger partial charge in [0.05, 0.1) is 0 Å². The highest BCUT2D eigenvalue weighted by atomic mass is 16.6. The molecule has 4 nitrogen and oxygen atoms in total. The third-order valence-corrected chi connectivity index (χ3v) is 4.10. The van der Waals surface area contributed by atoms with Gasteiger partial charge in [0, 0.05) is 25.7 Å². The van der Waals surface area contributed by atoms with Gasteiger partial charge in [-0.2, -0.15) is 0 Å². The summed E-state index contributed by atoms with van der Waals surface area (Å²) in [5.41, 5.74) is 0.971. The largest absolute Gasteiger partial charge is 0.444 e. The van der Waals surface area contributed by atoms with E-state index in [1.165, 1.54) is 12.0 Å². The molecule has 1 amide bonds. The van der Waals surface area contributed by atoms with Crippen molar-refractivity contribution in [2.24, 2.45) is 5.92 Å². The lowest BCUT2D eigenvalue weighted by molar-refractivity contribution is 0.0265. The molecular formula is C17H32N2O2. The van der Waals surface area contributed by atoms with Crippen LogP contribution < -0.4 is 5.32 Å². The molecule has 21 heavy (non-hydrogen) atoms. The summed E-state index contributed by atoms with van der Waals surface area (Å²) in [7, 11) is 0. The minimum atomic E-state index is -0.422. The van der Waals surface area contributed by atoms with Gasteiger partial charge in [-0.25, -0.2) is 4.79 Å². The number of carbonyl (C=O) groups excluding carboxylic acids is 1. The smallest absolute Gasteiger partial charge is 0.410 e. The molecule has 0 radical (unpaired) electrons. The highest BCUT2D eigenvalue weighted by molar-refractivity contribution is 5.68. The summed E-state index contributed by atoms with van der Waals surface area (Å²) in [6.07, 6.45) is 4.07. The third-order valence-electron chi connectivity index (χ3n) is 4.10. The molecule has 0 aromatic heterocycles. The summed E-state index contributed by atoms with van der Waals surface area (Å²) in [6.45, 7) is 14.8. The molecule has 0 saturated heterocycles. The van der Waals surface area contributed by atoms with Crippen molar-refractivity contribution >= 4 is 6.09 Å². The van der Waals surface area contributed by atoms with Crippen LogP contribution in [0.4, 0.5) is 4.79 Å². The molecule has 1 aliphatic rings. The van der Waals surface area contributed by atoms with E-state index < -0.39 is 5.60 Å². The summed E-state index contributed by atoms with van der Waals surface area (Å²) in [4.78, 5) is 13.7. The predicted molar refractivity (Wildman–Crippen MR) is 87.4 cm³/mol. The van der Waals surface area contributed by atoms with Crippen molar-refractivity contribution in [3.05, 3.63) is 11.6 Å². The van der Waals surface area contributed by atoms with E-state index in [0.717, 1.165) is 19.5 Å². The molecule has 0 bridgehead atoms. The van der Waals surface area contributed by atoms with E-state index in [2.05, 4.69) is 32.2 Å². The second-order valence-corrected chi connectivity index (χ2v) is 7.09. The quantitative estimate of drug-likeness (QED) is 0.788. The number of nitrogens with zero attached hydrogens (tertiary/aromatic N) is 1. The van der Waals surface area contributed by atoms with E-state index in [1.54, 1.807) is 4.90 Å². The van der Waals surface area contributed by atoms with Gasteiger partial charge in [-0.1, -0.05) is 31.9 Å². The molecule has 1 aliphatic heterocycles. The fourth-order valence-corrected chi connectivity index (χ4v) is 2.21. The Hall–Kier alpha value is -1.03. The molecule has 0 saturated carbocycles. The number of ether oxygens (including phenoxy) is 1. The van der Waals surface area contributed by atoms with Gasteiger partial charge < -0.3 is 15.0 Å². The molecule has 0 fully saturated rings. The van der Waals surface area contributed by atoms with Gasteiger partial charge in [-0.05, 0) is 40.0 Å². The Morgan fingerprint density at radius 1 is 1.43 bits per heavy atom. The van der Waals surface area contributed by atoms with E-state index >= 15 is 0 Å². The van der Waals surface area contributed by atoms with Crippen LogP contribution in [0.5, 0.6) is 0 Å². The normalized spacial score (nSPS) is 19.0. The average molecular weight is 296 g/mol. The molecule has 4 heteroatoms. The van der Waals surface area contributed by atoms with Crippen LogP contribution >= 0.6 is 0 Å². The maximum Gasteiger partial charge on any atom is 0.410 e. The van der Waals surface area contributed by atoms with Crippen LogP contribution in [0.25, 0.3) is 0 Å². The third kappa shape index (κ3) is 6.51. The Labute approximate surface area is 129 Å². The van der Waals surface area contributed by atoms with Crippen LogP contribution in [0, 0.1) is 5.92 Å². The maximum absolute atomic E-state index is 12.0. The molecule has 1 heterocycles. The van der Waals surface area contributed by atoms with Crippen molar-refractivity contribution in [2.45, 2.75) is 66.0 Å². The number of hydrogen-bond donors (Lipinski definition) is 1. The van der Waals surface area contributed by atoms with Gasteiger partial charge in [0.15, 0.2) is 0 Å². The fraction of sp³-hybridized carbons (Fsp3) is 0.824. The SMILES string of the molecule is CCC(C)C(C)NCC1=CCN(C(=O)OC(C)(C)C)CC1. The highest BCUT2D eigenvalue weighted by Crippen LogP contribution is 2.15. The molecule has 1 rings (SSSR count). The highest BCUT2D eigenvalue weighted by Gasteiger charge is 2.23. The summed E-state index contributed by atoms with van der Waals surface area (Å²) >= 11 is 0. The number of hydrogen-bond acceptors (Lipinski definition) is 3. The van der Waals surface area contributed by atoms with Crippen LogP contribution in [-0.2, 0) is 4.74 Å². The average Bonchev–Trinajstić information content (AvgIpc) is 2.42. The monoisotopic (exact) mass is 296 g/mol. The Morgan fingerprint density at radius 3 is 2.57 bits per heavy atom. The van der Waals surface area contributed by atoms with Crippen molar-refractivity contribution in [3.8, 4) is 0 Å². The lowest BCUT2D eigenvalue weighted by Crippen LogP contribution is -2.40. The van der Waals surface area contributed by atoms with Crippen LogP contribution in [0.3, 0.4) is 0 Å². The Bertz CT molecular complexity index is 371. The van der Waals surface area contributed by atoms with Gasteiger partial charge in [0.1, 0.15) is 5.60 Å². The summed E-state index contributed by atoms with van der Waals surface area (Å²) < 4.78 is 5.40. The van der Waals surface area contributed by atoms with Crippen LogP contribution in [0.2, 0.25) is 0 Å². The van der Waals surface area contributed by atoms with Crippen LogP contribution in [-0.4, -0.2) is 42.3 Å². The molecule has 0 aromatic rings. The topological polar surface area (TPSA) is 41.6 Å². The lowest BCUT2D eigenvalue weighted by Gasteiger charge is -2.30. The number of nitrogens with one attached hydrogen (secondary N) is 1. The first kappa shape index (κ1) is 18.0. The summed E-state index contributed by atoms with van der Waals surface area (Å²) in [5.74, 6) is 0.687. The second kappa shape index (κ2) is 7.83. The Morgan fingerprint density at radius 2 is 2.10 bits per heavy atom. The van der Waals surface area contributed by atoms with E-state index in [4.69, 9.17) is 4.74 Å². The molecule has 2 atom stereocenters. The Kier molecular flexibility index (Phi) is 6.72. The van der Waals surface area contributed by atoms with Crippen LogP contribution in [0.15, 0.2) is 11.6 Å². The first-order chi connectivity index (χ1) is 9.73. The minimum absolute atomic E-state index is 0.210. The van der Waals surface area contributed by atoms with Gasteiger partial charge in [-0.15, -0.1) is 0 Å². The van der Waals surface area contributed by atoms with Crippen molar-refractivity contribution in [3.63, 3.8) is 0 Å². The minimum Gasteiger partial charge on any atom is -0.444 e. The first-order valence-electron chi connectivity index (χ1n) is 8.12. The van der Waals surface area contributed by atoms with E-state index in [-0.39, 0.29) is 6.09 Å². The van der Waals surface area contributed by atoms with E-state index in [0.29, 0.717) is 18.5 Å². The maximum atomic E-state index is 12.0. The van der Waals surface area contributed by atoms with Crippen molar-refractivity contribution < 1.29 is 9.53 Å². The van der Waals surface area contributed by atoms with Crippen molar-refractivity contribution in [2.75, 3.05) is 19.6 Å². The van der Waals surface area contributed by atoms with Gasteiger partial charge in [0.2, 0.25) is 0 Å². The molecule has 1 N–H and O–H groups in total. The molecule has 0 aliphatic carbocycles. The number of rotatable bonds is 5. The second-order valence-electron chi connectivity index (χ2n) is 7.09. The Balaban J connectivity index is 2.39. The first-order valence-corrected chi connectivity index (χ1v) is 8.12. The van der Waals surface area contributed by atoms with Crippen molar-refractivity contribution in [1.29, 1.82) is 0 Å². The molecular weight excluding hydrogens is 264 g/mol. The zero-order chi connectivity index (χ0) is 16.0. The van der Waals surface area contributed by atoms with Gasteiger partial charge >= 0.3 is 6.09 Å². The number of carbonyl (C=O) groups is 1. The van der Waals surface area contributed by atoms with E-state index in [9.17, 15) is 4.79 Å². The molecule has 122 valence electrons. The molecule has 0 aromatic carbocycles. The fourth-order valence-electron chi connectivity index (χ4n) is 2.21. The predicted octanol–water partition coefficient (Wildman–Crippen LogP) is 3.58. The zero-order valence-corrected chi connectivity index (χ0v) is 14.5. The van der Waals surface area contributed by atoms with Crippen LogP contribution in [0.1, 0.15) is 54.4 Å². The lowest BCUT2D eigenvalue weighted by atomic mass is 10.00. The van der Waals surface area contributed by atoms with E-state index in [1.807, 2.05) is 20.8 Å². The molecule has 0 spiro atoms. The zero-order valence-electron chi connectivity index (χ0n) is 14.5.